The number of aromatic nitrogens is 5. The number of methoxy groups -OCH3 is 1. The zero-order valence-electron chi connectivity index (χ0n) is 13.0. The molecule has 3 aromatic rings. The van der Waals surface area contributed by atoms with Crippen LogP contribution in [-0.4, -0.2) is 50.2 Å². The predicted octanol–water partition coefficient (Wildman–Crippen LogP) is 0.601. The van der Waals surface area contributed by atoms with Gasteiger partial charge in [-0.05, 0) is 24.3 Å². The van der Waals surface area contributed by atoms with Gasteiger partial charge >= 0.3 is 0 Å². The van der Waals surface area contributed by atoms with E-state index >= 15 is 0 Å². The van der Waals surface area contributed by atoms with Gasteiger partial charge in [0, 0.05) is 24.4 Å². The van der Waals surface area contributed by atoms with Gasteiger partial charge in [-0.3, -0.25) is 0 Å². The van der Waals surface area contributed by atoms with Gasteiger partial charge < -0.3 is 15.4 Å². The van der Waals surface area contributed by atoms with E-state index in [9.17, 15) is 0 Å². The van der Waals surface area contributed by atoms with Crippen molar-refractivity contribution >= 4 is 17.1 Å². The van der Waals surface area contributed by atoms with Crippen LogP contribution >= 0.6 is 0 Å². The molecule has 0 spiro atoms. The molecule has 0 amide bonds. The number of rotatable bonds is 4. The van der Waals surface area contributed by atoms with Crippen LogP contribution in [0, 0.1) is 11.8 Å². The molecule has 2 bridgehead atoms. The molecule has 4 unspecified atom stereocenters. The molecular formula is C16H15N7O. The van der Waals surface area contributed by atoms with Gasteiger partial charge in [0.25, 0.3) is 0 Å². The van der Waals surface area contributed by atoms with Gasteiger partial charge in [-0.1, -0.05) is 5.21 Å². The standard InChI is InChI=1S/C16H15N7O/c1-24-9-4-2-8(3-5-9)23-14-11(21-22-23)7-18-15(19-14)20-16-10-6-17-13(16)12(10)16/h2-5,7,10,12-13,17H,6H2,1H3,(H,18,19,20). The second-order valence-corrected chi connectivity index (χ2v) is 6.68. The lowest BCUT2D eigenvalue weighted by Gasteiger charge is -2.10. The molecule has 2 N–H and O–H groups in total. The second kappa shape index (κ2) is 4.02. The number of nitrogens with one attached hydrogen (secondary N) is 2. The van der Waals surface area contributed by atoms with Crippen LogP contribution in [0.2, 0.25) is 0 Å². The maximum Gasteiger partial charge on any atom is 0.225 e. The Bertz CT molecular complexity index is 945. The van der Waals surface area contributed by atoms with Crippen LogP contribution in [-0.2, 0) is 0 Å². The zero-order valence-corrected chi connectivity index (χ0v) is 13.0. The highest BCUT2D eigenvalue weighted by atomic mass is 16.5. The number of anilines is 1. The Morgan fingerprint density at radius 2 is 2.21 bits per heavy atom. The Labute approximate surface area is 137 Å². The minimum absolute atomic E-state index is 0.214. The molecule has 2 saturated heterocycles. The number of piperidine rings is 1. The first kappa shape index (κ1) is 12.7. The summed E-state index contributed by atoms with van der Waals surface area (Å²) < 4.78 is 6.92. The van der Waals surface area contributed by atoms with Crippen molar-refractivity contribution in [2.45, 2.75) is 11.6 Å². The van der Waals surface area contributed by atoms with E-state index in [1.807, 2.05) is 24.3 Å². The zero-order chi connectivity index (χ0) is 15.9. The number of nitrogens with zero attached hydrogens (tertiary/aromatic N) is 5. The van der Waals surface area contributed by atoms with Crippen LogP contribution in [0.5, 0.6) is 5.75 Å². The largest absolute Gasteiger partial charge is 0.497 e. The molecule has 8 heteroatoms. The molecule has 8 nitrogen and oxygen atoms in total. The number of ether oxygens (including phenoxy) is 1. The normalized spacial score (nSPS) is 31.8. The van der Waals surface area contributed by atoms with Crippen LogP contribution in [0.15, 0.2) is 30.5 Å². The molecule has 0 radical (unpaired) electrons. The monoisotopic (exact) mass is 321 g/mol. The third-order valence-electron chi connectivity index (χ3n) is 5.65. The van der Waals surface area contributed by atoms with Crippen molar-refractivity contribution < 1.29 is 4.74 Å². The lowest BCUT2D eigenvalue weighted by atomic mass is 10.2. The highest BCUT2D eigenvalue weighted by Gasteiger charge is 2.90. The van der Waals surface area contributed by atoms with E-state index in [4.69, 9.17) is 4.74 Å². The molecule has 2 aliphatic carbocycles. The van der Waals surface area contributed by atoms with Gasteiger partial charge in [-0.25, -0.2) is 4.98 Å². The van der Waals surface area contributed by atoms with Gasteiger partial charge in [-0.2, -0.15) is 9.67 Å². The highest BCUT2D eigenvalue weighted by Crippen LogP contribution is 2.76. The van der Waals surface area contributed by atoms with Gasteiger partial charge in [-0.15, -0.1) is 5.10 Å². The summed E-state index contributed by atoms with van der Waals surface area (Å²) in [5, 5.41) is 15.4. The molecular weight excluding hydrogens is 306 g/mol. The maximum atomic E-state index is 5.20. The van der Waals surface area contributed by atoms with Crippen molar-refractivity contribution in [1.29, 1.82) is 0 Å². The molecule has 4 atom stereocenters. The second-order valence-electron chi connectivity index (χ2n) is 6.68. The van der Waals surface area contributed by atoms with Crippen molar-refractivity contribution in [1.82, 2.24) is 30.3 Å². The van der Waals surface area contributed by atoms with Gasteiger partial charge in [0.15, 0.2) is 11.2 Å². The van der Waals surface area contributed by atoms with Crippen molar-refractivity contribution in [3.63, 3.8) is 0 Å². The van der Waals surface area contributed by atoms with Crippen LogP contribution in [0.1, 0.15) is 0 Å². The Morgan fingerprint density at radius 1 is 1.33 bits per heavy atom. The number of benzene rings is 1. The number of fused-ring (bicyclic) bond motifs is 2. The molecule has 4 fully saturated rings. The smallest absolute Gasteiger partial charge is 0.225 e. The lowest BCUT2D eigenvalue weighted by Crippen LogP contribution is -2.24. The van der Waals surface area contributed by atoms with Crippen LogP contribution in [0.4, 0.5) is 5.95 Å². The summed E-state index contributed by atoms with van der Waals surface area (Å²) >= 11 is 0. The molecule has 24 heavy (non-hydrogen) atoms. The van der Waals surface area contributed by atoms with Gasteiger partial charge in [0.05, 0.1) is 24.5 Å². The molecule has 7 rings (SSSR count). The van der Waals surface area contributed by atoms with Crippen molar-refractivity contribution in [3.05, 3.63) is 30.5 Å². The fourth-order valence-electron chi connectivity index (χ4n) is 4.27. The predicted molar refractivity (Wildman–Crippen MR) is 86.1 cm³/mol. The van der Waals surface area contributed by atoms with E-state index in [0.29, 0.717) is 23.2 Å². The maximum absolute atomic E-state index is 5.20. The molecule has 1 aromatic carbocycles. The SMILES string of the molecule is COc1ccc(-n2nnc3cnc(NC45C6CNC4C65)nc32)cc1. The van der Waals surface area contributed by atoms with Gasteiger partial charge in [0.2, 0.25) is 5.95 Å². The van der Waals surface area contributed by atoms with E-state index in [0.717, 1.165) is 29.8 Å². The molecule has 4 aliphatic rings. The number of hydrogen-bond donors (Lipinski definition) is 2. The van der Waals surface area contributed by atoms with Crippen LogP contribution in [0.3, 0.4) is 0 Å². The molecule has 2 aromatic heterocycles. The summed E-state index contributed by atoms with van der Waals surface area (Å²) in [5.74, 6) is 2.96. The van der Waals surface area contributed by atoms with Gasteiger partial charge in [0.1, 0.15) is 5.75 Å². The lowest BCUT2D eigenvalue weighted by molar-refractivity contribution is 0.414. The Kier molecular flexibility index (Phi) is 2.12. The van der Waals surface area contributed by atoms with E-state index in [1.165, 1.54) is 0 Å². The average Bonchev–Trinajstić information content (AvgIpc) is 3.14. The van der Waals surface area contributed by atoms with E-state index in [2.05, 4.69) is 30.9 Å². The Balaban J connectivity index is 1.38. The Hall–Kier alpha value is -2.74. The summed E-state index contributed by atoms with van der Waals surface area (Å²) in [6.07, 6.45) is 1.73. The molecule has 2 saturated carbocycles. The summed E-state index contributed by atoms with van der Waals surface area (Å²) in [6.45, 7) is 1.11. The first-order valence-corrected chi connectivity index (χ1v) is 8.06. The molecule has 4 heterocycles. The van der Waals surface area contributed by atoms with Crippen molar-refractivity contribution in [3.8, 4) is 11.4 Å². The summed E-state index contributed by atoms with van der Waals surface area (Å²) in [5.41, 5.74) is 2.48. The fourth-order valence-corrected chi connectivity index (χ4v) is 4.27. The first-order valence-electron chi connectivity index (χ1n) is 8.06. The van der Waals surface area contributed by atoms with E-state index < -0.39 is 0 Å². The minimum atomic E-state index is 0.214. The third-order valence-corrected chi connectivity index (χ3v) is 5.65. The highest BCUT2D eigenvalue weighted by molar-refractivity contribution is 5.72. The first-order chi connectivity index (χ1) is 11.8. The van der Waals surface area contributed by atoms with Crippen molar-refractivity contribution in [2.75, 3.05) is 19.0 Å². The van der Waals surface area contributed by atoms with E-state index in [-0.39, 0.29) is 5.54 Å². The molecule has 2 aliphatic heterocycles. The average molecular weight is 321 g/mol. The summed E-state index contributed by atoms with van der Waals surface area (Å²) in [6, 6.07) is 8.26. The quantitative estimate of drug-likeness (QED) is 0.727. The Morgan fingerprint density at radius 3 is 2.92 bits per heavy atom. The molecule has 120 valence electrons. The topological polar surface area (TPSA) is 89.8 Å². The fraction of sp³-hybridized carbons (Fsp3) is 0.375. The summed E-state index contributed by atoms with van der Waals surface area (Å²) in [4.78, 5) is 9.06. The van der Waals surface area contributed by atoms with E-state index in [1.54, 1.807) is 18.0 Å². The third kappa shape index (κ3) is 1.42. The summed E-state index contributed by atoms with van der Waals surface area (Å²) in [7, 11) is 1.65. The van der Waals surface area contributed by atoms with Crippen molar-refractivity contribution in [2.24, 2.45) is 11.8 Å². The van der Waals surface area contributed by atoms with Crippen LogP contribution < -0.4 is 15.4 Å². The van der Waals surface area contributed by atoms with Crippen LogP contribution in [0.25, 0.3) is 16.9 Å². The minimum Gasteiger partial charge on any atom is -0.497 e. The number of hydrogen-bond acceptors (Lipinski definition) is 7.